The average molecular weight is 367 g/mol. The molecule has 0 spiro atoms. The summed E-state index contributed by atoms with van der Waals surface area (Å²) in [4.78, 5) is 11.0. The molecule has 0 saturated carbocycles. The third-order valence-corrected chi connectivity index (χ3v) is 6.22. The highest BCUT2D eigenvalue weighted by Gasteiger charge is 2.30. The van der Waals surface area contributed by atoms with Gasteiger partial charge in [0, 0.05) is 23.5 Å². The van der Waals surface area contributed by atoms with E-state index < -0.39 is 10.0 Å². The van der Waals surface area contributed by atoms with Crippen LogP contribution in [0, 0.1) is 5.92 Å². The van der Waals surface area contributed by atoms with E-state index in [1.54, 1.807) is 6.07 Å². The fraction of sp³-hybridized carbons (Fsp3) is 0.417. The smallest absolute Gasteiger partial charge is 0.243 e. The van der Waals surface area contributed by atoms with Crippen LogP contribution in [0.2, 0.25) is 5.02 Å². The van der Waals surface area contributed by atoms with E-state index in [4.69, 9.17) is 11.6 Å². The van der Waals surface area contributed by atoms with Gasteiger partial charge in [-0.25, -0.2) is 8.42 Å². The summed E-state index contributed by atoms with van der Waals surface area (Å²) in [5.74, 6) is -0.209. The van der Waals surface area contributed by atoms with Crippen molar-refractivity contribution < 1.29 is 13.2 Å². The highest BCUT2D eigenvalue weighted by atomic mass is 79.9. The average Bonchev–Trinajstić information content (AvgIpc) is 2.41. The molecule has 1 aliphatic rings. The van der Waals surface area contributed by atoms with Crippen LogP contribution in [0.1, 0.15) is 12.8 Å². The second-order valence-corrected chi connectivity index (χ2v) is 7.68. The van der Waals surface area contributed by atoms with Gasteiger partial charge in [-0.15, -0.1) is 0 Å². The number of hydrogen-bond donors (Lipinski definition) is 0. The third-order valence-electron chi connectivity index (χ3n) is 3.14. The molecule has 4 nitrogen and oxygen atoms in total. The molecular formula is C12H13BrClNO3S. The lowest BCUT2D eigenvalue weighted by molar-refractivity contribution is -0.112. The van der Waals surface area contributed by atoms with Gasteiger partial charge in [-0.2, -0.15) is 4.31 Å². The van der Waals surface area contributed by atoms with Crippen molar-refractivity contribution >= 4 is 43.8 Å². The van der Waals surface area contributed by atoms with Crippen LogP contribution in [0.15, 0.2) is 27.6 Å². The molecular weight excluding hydrogens is 354 g/mol. The first-order chi connectivity index (χ1) is 8.95. The Labute approximate surface area is 125 Å². The van der Waals surface area contributed by atoms with Crippen LogP contribution in [0.25, 0.3) is 0 Å². The summed E-state index contributed by atoms with van der Waals surface area (Å²) in [6.45, 7) is 0.707. The predicted octanol–water partition coefficient (Wildman–Crippen LogP) is 2.70. The number of hydrogen-bond acceptors (Lipinski definition) is 3. The van der Waals surface area contributed by atoms with E-state index in [1.807, 2.05) is 0 Å². The number of carbonyl (C=O) groups is 1. The standard InChI is InChI=1S/C12H13BrClNO3S/c13-11-6-10(3-4-12(11)14)19(17,18)15-5-1-2-9(7-15)8-16/h3-4,6,8-9H,1-2,5,7H2. The van der Waals surface area contributed by atoms with Crippen LogP contribution in [0.5, 0.6) is 0 Å². The summed E-state index contributed by atoms with van der Waals surface area (Å²) in [7, 11) is -3.56. The van der Waals surface area contributed by atoms with Gasteiger partial charge >= 0.3 is 0 Å². The lowest BCUT2D eigenvalue weighted by Crippen LogP contribution is -2.40. The van der Waals surface area contributed by atoms with Gasteiger partial charge in [0.2, 0.25) is 10.0 Å². The number of halogens is 2. The number of rotatable bonds is 3. The first-order valence-electron chi connectivity index (χ1n) is 5.85. The van der Waals surface area contributed by atoms with Crippen LogP contribution in [-0.2, 0) is 14.8 Å². The number of aldehydes is 1. The van der Waals surface area contributed by atoms with Crippen molar-refractivity contribution in [1.29, 1.82) is 0 Å². The Morgan fingerprint density at radius 3 is 2.79 bits per heavy atom. The molecule has 1 unspecified atom stereocenters. The van der Waals surface area contributed by atoms with E-state index >= 15 is 0 Å². The largest absolute Gasteiger partial charge is 0.303 e. The van der Waals surface area contributed by atoms with Gasteiger partial charge in [0.05, 0.1) is 9.92 Å². The van der Waals surface area contributed by atoms with Gasteiger partial charge in [0.15, 0.2) is 0 Å². The number of sulfonamides is 1. The lowest BCUT2D eigenvalue weighted by Gasteiger charge is -2.29. The van der Waals surface area contributed by atoms with Crippen molar-refractivity contribution in [3.05, 3.63) is 27.7 Å². The minimum Gasteiger partial charge on any atom is -0.303 e. The molecule has 1 fully saturated rings. The Balaban J connectivity index is 2.31. The summed E-state index contributed by atoms with van der Waals surface area (Å²) in [6, 6.07) is 4.51. The number of piperidine rings is 1. The van der Waals surface area contributed by atoms with Crippen LogP contribution >= 0.6 is 27.5 Å². The first-order valence-corrected chi connectivity index (χ1v) is 8.47. The molecule has 0 aromatic heterocycles. The van der Waals surface area contributed by atoms with Crippen LogP contribution in [-0.4, -0.2) is 32.1 Å². The summed E-state index contributed by atoms with van der Waals surface area (Å²) < 4.78 is 26.8. The van der Waals surface area contributed by atoms with Crippen molar-refractivity contribution in [2.45, 2.75) is 17.7 Å². The van der Waals surface area contributed by atoms with Crippen molar-refractivity contribution in [1.82, 2.24) is 4.31 Å². The molecule has 0 bridgehead atoms. The van der Waals surface area contributed by atoms with Crippen LogP contribution < -0.4 is 0 Å². The molecule has 7 heteroatoms. The molecule has 1 aromatic carbocycles. The highest BCUT2D eigenvalue weighted by molar-refractivity contribution is 9.10. The number of nitrogens with zero attached hydrogens (tertiary/aromatic N) is 1. The maximum atomic E-state index is 12.5. The molecule has 1 atom stereocenters. The van der Waals surface area contributed by atoms with E-state index in [1.165, 1.54) is 16.4 Å². The van der Waals surface area contributed by atoms with Gasteiger partial charge in [-0.3, -0.25) is 0 Å². The Bertz CT molecular complexity index is 591. The maximum Gasteiger partial charge on any atom is 0.243 e. The molecule has 0 amide bonds. The van der Waals surface area contributed by atoms with Crippen molar-refractivity contribution in [3.63, 3.8) is 0 Å². The van der Waals surface area contributed by atoms with E-state index in [0.29, 0.717) is 22.5 Å². The van der Waals surface area contributed by atoms with E-state index in [0.717, 1.165) is 12.7 Å². The molecule has 19 heavy (non-hydrogen) atoms. The molecule has 104 valence electrons. The zero-order valence-electron chi connectivity index (χ0n) is 10.1. The molecule has 1 aliphatic heterocycles. The van der Waals surface area contributed by atoms with Gasteiger partial charge in [-0.1, -0.05) is 11.6 Å². The topological polar surface area (TPSA) is 54.5 Å². The van der Waals surface area contributed by atoms with Gasteiger partial charge < -0.3 is 4.79 Å². The monoisotopic (exact) mass is 365 g/mol. The SMILES string of the molecule is O=CC1CCCN(S(=O)(=O)c2ccc(Cl)c(Br)c2)C1. The fourth-order valence-electron chi connectivity index (χ4n) is 2.09. The fourth-order valence-corrected chi connectivity index (χ4v) is 4.30. The van der Waals surface area contributed by atoms with Crippen LogP contribution in [0.3, 0.4) is 0 Å². The summed E-state index contributed by atoms with van der Waals surface area (Å²) >= 11 is 9.08. The van der Waals surface area contributed by atoms with Gasteiger partial charge in [0.1, 0.15) is 6.29 Å². The Kier molecular flexibility index (Phi) is 4.66. The molecule has 0 radical (unpaired) electrons. The van der Waals surface area contributed by atoms with E-state index in [-0.39, 0.29) is 17.4 Å². The Hall–Kier alpha value is -0.430. The third kappa shape index (κ3) is 3.18. The molecule has 2 rings (SSSR count). The van der Waals surface area contributed by atoms with Crippen molar-refractivity contribution in [2.24, 2.45) is 5.92 Å². The van der Waals surface area contributed by atoms with E-state index in [9.17, 15) is 13.2 Å². The predicted molar refractivity (Wildman–Crippen MR) is 76.7 cm³/mol. The number of carbonyl (C=O) groups excluding carboxylic acids is 1. The van der Waals surface area contributed by atoms with Gasteiger partial charge in [-0.05, 0) is 47.0 Å². The minimum absolute atomic E-state index is 0.190. The molecule has 1 saturated heterocycles. The molecule has 0 aliphatic carbocycles. The minimum atomic E-state index is -3.56. The normalized spacial score (nSPS) is 21.3. The highest BCUT2D eigenvalue weighted by Crippen LogP contribution is 2.28. The molecule has 1 aromatic rings. The van der Waals surface area contributed by atoms with Crippen LogP contribution in [0.4, 0.5) is 0 Å². The lowest BCUT2D eigenvalue weighted by atomic mass is 10.0. The van der Waals surface area contributed by atoms with E-state index in [2.05, 4.69) is 15.9 Å². The quantitative estimate of drug-likeness (QED) is 0.773. The Morgan fingerprint density at radius 1 is 1.42 bits per heavy atom. The Morgan fingerprint density at radius 2 is 2.16 bits per heavy atom. The zero-order valence-corrected chi connectivity index (χ0v) is 13.2. The number of benzene rings is 1. The molecule has 0 N–H and O–H groups in total. The summed E-state index contributed by atoms with van der Waals surface area (Å²) in [6.07, 6.45) is 2.29. The summed E-state index contributed by atoms with van der Waals surface area (Å²) in [5, 5.41) is 0.461. The maximum absolute atomic E-state index is 12.5. The van der Waals surface area contributed by atoms with Crippen molar-refractivity contribution in [3.8, 4) is 0 Å². The van der Waals surface area contributed by atoms with Gasteiger partial charge in [0.25, 0.3) is 0 Å². The zero-order chi connectivity index (χ0) is 14.0. The first kappa shape index (κ1) is 15.0. The second-order valence-electron chi connectivity index (χ2n) is 4.48. The summed E-state index contributed by atoms with van der Waals surface area (Å²) in [5.41, 5.74) is 0. The second kappa shape index (κ2) is 5.91. The molecule has 1 heterocycles. The van der Waals surface area contributed by atoms with Crippen molar-refractivity contribution in [2.75, 3.05) is 13.1 Å².